The van der Waals surface area contributed by atoms with E-state index in [1.165, 1.54) is 33.9 Å². The van der Waals surface area contributed by atoms with Crippen LogP contribution in [0.25, 0.3) is 10.6 Å². The standard InChI is InChI=1S/C22H20F3N3O2S2/c23-22(24,25)16-3-1-14(2-4-16)21-27-17(13-32-21)11-19(29)26-8-5-20(30)28-9-6-18-15(12-28)7-10-31-18/h1-4,7,10,13H,5-6,8-9,11-12H2,(H,26,29). The second kappa shape index (κ2) is 9.41. The van der Waals surface area contributed by atoms with Gasteiger partial charge in [-0.05, 0) is 35.6 Å². The van der Waals surface area contributed by atoms with Gasteiger partial charge in [0.25, 0.3) is 0 Å². The lowest BCUT2D eigenvalue weighted by molar-refractivity contribution is -0.137. The summed E-state index contributed by atoms with van der Waals surface area (Å²) in [6, 6.07) is 6.82. The van der Waals surface area contributed by atoms with Crippen LogP contribution in [-0.4, -0.2) is 34.8 Å². The molecule has 2 amide bonds. The number of thiazole rings is 1. The number of thiophene rings is 1. The number of hydrogen-bond donors (Lipinski definition) is 1. The number of hydrogen-bond acceptors (Lipinski definition) is 5. The van der Waals surface area contributed by atoms with Crippen molar-refractivity contribution in [3.63, 3.8) is 0 Å². The van der Waals surface area contributed by atoms with Crippen LogP contribution < -0.4 is 5.32 Å². The number of halogens is 3. The van der Waals surface area contributed by atoms with Gasteiger partial charge in [-0.15, -0.1) is 22.7 Å². The molecule has 0 aliphatic carbocycles. The van der Waals surface area contributed by atoms with Gasteiger partial charge in [-0.1, -0.05) is 12.1 Å². The maximum Gasteiger partial charge on any atom is 0.416 e. The third-order valence-electron chi connectivity index (χ3n) is 5.17. The Balaban J connectivity index is 1.24. The number of carbonyl (C=O) groups excluding carboxylic acids is 2. The number of aromatic nitrogens is 1. The van der Waals surface area contributed by atoms with E-state index in [0.29, 0.717) is 29.4 Å². The predicted octanol–water partition coefficient (Wildman–Crippen LogP) is 4.52. The van der Waals surface area contributed by atoms with E-state index in [1.54, 1.807) is 16.7 Å². The molecule has 0 bridgehead atoms. The van der Waals surface area contributed by atoms with Gasteiger partial charge in [-0.25, -0.2) is 4.98 Å². The van der Waals surface area contributed by atoms with Crippen LogP contribution in [-0.2, 0) is 35.2 Å². The van der Waals surface area contributed by atoms with Gasteiger partial charge in [0.2, 0.25) is 11.8 Å². The molecule has 168 valence electrons. The number of amides is 2. The number of alkyl halides is 3. The minimum absolute atomic E-state index is 0.0143. The van der Waals surface area contributed by atoms with Crippen LogP contribution in [0.2, 0.25) is 0 Å². The Morgan fingerprint density at radius 2 is 1.91 bits per heavy atom. The topological polar surface area (TPSA) is 62.3 Å². The second-order valence-electron chi connectivity index (χ2n) is 7.43. The van der Waals surface area contributed by atoms with E-state index >= 15 is 0 Å². The largest absolute Gasteiger partial charge is 0.416 e. The molecule has 10 heteroatoms. The van der Waals surface area contributed by atoms with E-state index in [-0.39, 0.29) is 31.2 Å². The maximum absolute atomic E-state index is 12.7. The fraction of sp³-hybridized carbons (Fsp3) is 0.318. The molecule has 0 saturated heterocycles. The molecule has 1 N–H and O–H groups in total. The van der Waals surface area contributed by atoms with Crippen molar-refractivity contribution >= 4 is 34.5 Å². The van der Waals surface area contributed by atoms with E-state index in [4.69, 9.17) is 0 Å². The molecule has 4 rings (SSSR count). The highest BCUT2D eigenvalue weighted by molar-refractivity contribution is 7.13. The zero-order valence-electron chi connectivity index (χ0n) is 16.9. The molecule has 32 heavy (non-hydrogen) atoms. The van der Waals surface area contributed by atoms with Gasteiger partial charge in [-0.3, -0.25) is 9.59 Å². The Bertz CT molecular complexity index is 1110. The molecule has 0 saturated carbocycles. The third-order valence-corrected chi connectivity index (χ3v) is 7.14. The molecule has 1 aliphatic heterocycles. The van der Waals surface area contributed by atoms with E-state index in [0.717, 1.165) is 18.6 Å². The molecular formula is C22H20F3N3O2S2. The van der Waals surface area contributed by atoms with Crippen molar-refractivity contribution in [2.24, 2.45) is 0 Å². The number of nitrogens with zero attached hydrogens (tertiary/aromatic N) is 2. The first-order valence-electron chi connectivity index (χ1n) is 10.0. The Labute approximate surface area is 190 Å². The first-order chi connectivity index (χ1) is 15.3. The Morgan fingerprint density at radius 1 is 1.12 bits per heavy atom. The summed E-state index contributed by atoms with van der Waals surface area (Å²) in [4.78, 5) is 32.1. The summed E-state index contributed by atoms with van der Waals surface area (Å²) in [7, 11) is 0. The molecule has 3 heterocycles. The fourth-order valence-corrected chi connectivity index (χ4v) is 5.19. The average molecular weight is 480 g/mol. The zero-order valence-corrected chi connectivity index (χ0v) is 18.6. The average Bonchev–Trinajstić information content (AvgIpc) is 3.42. The van der Waals surface area contributed by atoms with Crippen molar-refractivity contribution in [2.45, 2.75) is 32.0 Å². The molecule has 0 atom stereocenters. The van der Waals surface area contributed by atoms with E-state index < -0.39 is 11.7 Å². The summed E-state index contributed by atoms with van der Waals surface area (Å²) in [6.07, 6.45) is -3.23. The van der Waals surface area contributed by atoms with Gasteiger partial charge in [0.15, 0.2) is 0 Å². The number of rotatable bonds is 6. The zero-order chi connectivity index (χ0) is 22.7. The van der Waals surface area contributed by atoms with Crippen LogP contribution in [0, 0.1) is 0 Å². The lowest BCUT2D eigenvalue weighted by atomic mass is 10.1. The lowest BCUT2D eigenvalue weighted by Crippen LogP contribution is -2.37. The normalized spacial score (nSPS) is 13.7. The van der Waals surface area contributed by atoms with Gasteiger partial charge in [0.1, 0.15) is 5.01 Å². The fourth-order valence-electron chi connectivity index (χ4n) is 3.48. The molecule has 3 aromatic rings. The number of carbonyl (C=O) groups is 2. The van der Waals surface area contributed by atoms with Crippen LogP contribution in [0.4, 0.5) is 13.2 Å². The van der Waals surface area contributed by atoms with Gasteiger partial charge < -0.3 is 10.2 Å². The summed E-state index contributed by atoms with van der Waals surface area (Å²) < 4.78 is 38.1. The molecule has 0 radical (unpaired) electrons. The first kappa shape index (κ1) is 22.5. The molecule has 5 nitrogen and oxygen atoms in total. The highest BCUT2D eigenvalue weighted by Crippen LogP contribution is 2.31. The van der Waals surface area contributed by atoms with Crippen molar-refractivity contribution in [2.75, 3.05) is 13.1 Å². The summed E-state index contributed by atoms with van der Waals surface area (Å²) >= 11 is 2.99. The van der Waals surface area contributed by atoms with Crippen molar-refractivity contribution < 1.29 is 22.8 Å². The van der Waals surface area contributed by atoms with Gasteiger partial charge >= 0.3 is 6.18 Å². The number of fused-ring (bicyclic) bond motifs is 1. The SMILES string of the molecule is O=C(Cc1csc(-c2ccc(C(F)(F)F)cc2)n1)NCCC(=O)N1CCc2sccc2C1. The van der Waals surface area contributed by atoms with Crippen molar-refractivity contribution in [1.29, 1.82) is 0 Å². The van der Waals surface area contributed by atoms with Crippen LogP contribution in [0.5, 0.6) is 0 Å². The quantitative estimate of drug-likeness (QED) is 0.565. The minimum Gasteiger partial charge on any atom is -0.355 e. The Kier molecular flexibility index (Phi) is 6.61. The molecule has 1 aromatic carbocycles. The summed E-state index contributed by atoms with van der Waals surface area (Å²) in [5.41, 5.74) is 1.59. The summed E-state index contributed by atoms with van der Waals surface area (Å²) in [5.74, 6) is -0.235. The third kappa shape index (κ3) is 5.36. The first-order valence-corrected chi connectivity index (χ1v) is 11.8. The van der Waals surface area contributed by atoms with Crippen molar-refractivity contribution in [1.82, 2.24) is 15.2 Å². The van der Waals surface area contributed by atoms with Crippen LogP contribution in [0.1, 0.15) is 28.1 Å². The monoisotopic (exact) mass is 479 g/mol. The van der Waals surface area contributed by atoms with Crippen LogP contribution in [0.3, 0.4) is 0 Å². The summed E-state index contributed by atoms with van der Waals surface area (Å²) in [6.45, 7) is 1.57. The highest BCUT2D eigenvalue weighted by atomic mass is 32.1. The maximum atomic E-state index is 12.7. The van der Waals surface area contributed by atoms with Crippen molar-refractivity contribution in [3.05, 3.63) is 62.8 Å². The van der Waals surface area contributed by atoms with Gasteiger partial charge in [0.05, 0.1) is 17.7 Å². The van der Waals surface area contributed by atoms with E-state index in [1.807, 2.05) is 16.3 Å². The van der Waals surface area contributed by atoms with E-state index in [9.17, 15) is 22.8 Å². The van der Waals surface area contributed by atoms with Crippen LogP contribution in [0.15, 0.2) is 41.1 Å². The van der Waals surface area contributed by atoms with Gasteiger partial charge in [-0.2, -0.15) is 13.2 Å². The molecular weight excluding hydrogens is 459 g/mol. The minimum atomic E-state index is -4.38. The second-order valence-corrected chi connectivity index (χ2v) is 9.29. The molecule has 2 aromatic heterocycles. The smallest absolute Gasteiger partial charge is 0.355 e. The molecule has 0 spiro atoms. The summed E-state index contributed by atoms with van der Waals surface area (Å²) in [5, 5.41) is 7.05. The molecule has 0 unspecified atom stereocenters. The van der Waals surface area contributed by atoms with Crippen molar-refractivity contribution in [3.8, 4) is 10.6 Å². The highest BCUT2D eigenvalue weighted by Gasteiger charge is 2.30. The lowest BCUT2D eigenvalue weighted by Gasteiger charge is -2.27. The van der Waals surface area contributed by atoms with Crippen LogP contribution >= 0.6 is 22.7 Å². The van der Waals surface area contributed by atoms with E-state index in [2.05, 4.69) is 10.3 Å². The Hall–Kier alpha value is -2.72. The predicted molar refractivity (Wildman–Crippen MR) is 117 cm³/mol. The Morgan fingerprint density at radius 3 is 2.66 bits per heavy atom. The molecule has 1 aliphatic rings. The number of benzene rings is 1. The van der Waals surface area contributed by atoms with Gasteiger partial charge in [0, 0.05) is 41.9 Å². The number of nitrogens with one attached hydrogen (secondary N) is 1. The molecule has 0 fully saturated rings.